The molecule has 1 saturated carbocycles. The first-order valence-corrected chi connectivity index (χ1v) is 7.00. The van der Waals surface area contributed by atoms with Gasteiger partial charge < -0.3 is 5.32 Å². The third kappa shape index (κ3) is 4.25. The van der Waals surface area contributed by atoms with Crippen molar-refractivity contribution in [3.05, 3.63) is 10.6 Å². The topological polar surface area (TPSA) is 15.3 Å². The summed E-state index contributed by atoms with van der Waals surface area (Å²) in [4.78, 5) is 2.38. The van der Waals surface area contributed by atoms with Gasteiger partial charge in [-0.15, -0.1) is 0 Å². The summed E-state index contributed by atoms with van der Waals surface area (Å²) in [5.74, 6) is 0.857. The Kier molecular flexibility index (Phi) is 4.96. The molecule has 2 aliphatic rings. The molecule has 1 N–H and O–H groups in total. The number of nitrogens with zero attached hydrogens (tertiary/aromatic N) is 1. The Balaban J connectivity index is 1.61. The van der Waals surface area contributed by atoms with Crippen LogP contribution in [-0.2, 0) is 0 Å². The highest BCUT2D eigenvalue weighted by Crippen LogP contribution is 2.22. The fraction of sp³-hybridized carbons (Fsp3) is 0.833. The summed E-state index contributed by atoms with van der Waals surface area (Å²) in [5, 5.41) is 4.36. The van der Waals surface area contributed by atoms with E-state index in [0.29, 0.717) is 0 Å². The Morgan fingerprint density at radius 3 is 2.50 bits per heavy atom. The van der Waals surface area contributed by atoms with Crippen molar-refractivity contribution in [1.29, 1.82) is 0 Å². The average molecular weight is 263 g/mol. The van der Waals surface area contributed by atoms with Gasteiger partial charge in [-0.2, -0.15) is 0 Å². The minimum atomic E-state index is 0.747. The van der Waals surface area contributed by atoms with Crippen LogP contribution in [-0.4, -0.2) is 37.1 Å². The molecule has 92 valence electrons. The predicted molar refractivity (Wildman–Crippen MR) is 70.0 cm³/mol. The van der Waals surface area contributed by atoms with E-state index in [-0.39, 0.29) is 0 Å². The van der Waals surface area contributed by atoms with Gasteiger partial charge in [0.1, 0.15) is 0 Å². The van der Waals surface area contributed by atoms with Gasteiger partial charge in [-0.1, -0.05) is 23.2 Å². The second kappa shape index (κ2) is 6.25. The molecule has 1 saturated heterocycles. The van der Waals surface area contributed by atoms with Crippen LogP contribution >= 0.6 is 23.2 Å². The summed E-state index contributed by atoms with van der Waals surface area (Å²) < 4.78 is 0. The predicted octanol–water partition coefficient (Wildman–Crippen LogP) is 2.77. The molecular formula is C12H20Cl2N2. The number of piperidine rings is 1. The van der Waals surface area contributed by atoms with Crippen LogP contribution in [0.2, 0.25) is 0 Å². The number of rotatable bonds is 5. The van der Waals surface area contributed by atoms with Crippen LogP contribution in [0.3, 0.4) is 0 Å². The van der Waals surface area contributed by atoms with E-state index in [2.05, 4.69) is 10.2 Å². The molecule has 0 aromatic carbocycles. The van der Waals surface area contributed by atoms with E-state index in [1.54, 1.807) is 0 Å². The first-order valence-electron chi connectivity index (χ1n) is 6.18. The lowest BCUT2D eigenvalue weighted by molar-refractivity contribution is 0.197. The van der Waals surface area contributed by atoms with Crippen LogP contribution in [0.4, 0.5) is 0 Å². The average Bonchev–Trinajstić information content (AvgIpc) is 3.12. The maximum Gasteiger partial charge on any atom is 0.0434 e. The molecule has 2 rings (SSSR count). The fourth-order valence-corrected chi connectivity index (χ4v) is 2.46. The van der Waals surface area contributed by atoms with Gasteiger partial charge in [0.2, 0.25) is 0 Å². The Morgan fingerprint density at radius 2 is 1.94 bits per heavy atom. The Labute approximate surface area is 108 Å². The van der Waals surface area contributed by atoms with E-state index in [1.807, 2.05) is 0 Å². The summed E-state index contributed by atoms with van der Waals surface area (Å²) in [6.45, 7) is 4.32. The highest BCUT2D eigenvalue weighted by molar-refractivity contribution is 6.36. The van der Waals surface area contributed by atoms with Gasteiger partial charge in [0.15, 0.2) is 0 Å². The van der Waals surface area contributed by atoms with E-state index in [9.17, 15) is 0 Å². The molecule has 0 aromatic heterocycles. The maximum absolute atomic E-state index is 5.92. The zero-order chi connectivity index (χ0) is 11.4. The van der Waals surface area contributed by atoms with Crippen LogP contribution in [0.25, 0.3) is 0 Å². The lowest BCUT2D eigenvalue weighted by Crippen LogP contribution is -2.38. The van der Waals surface area contributed by atoms with Crippen LogP contribution < -0.4 is 5.32 Å². The van der Waals surface area contributed by atoms with Gasteiger partial charge in [0, 0.05) is 23.2 Å². The summed E-state index contributed by atoms with van der Waals surface area (Å²) in [5.41, 5.74) is 1.47. The third-order valence-corrected chi connectivity index (χ3v) is 4.08. The largest absolute Gasteiger partial charge is 0.314 e. The van der Waals surface area contributed by atoms with Crippen molar-refractivity contribution in [1.82, 2.24) is 10.2 Å². The number of likely N-dealkylation sites (tertiary alicyclic amines) is 1. The molecule has 2 nitrogen and oxygen atoms in total. The van der Waals surface area contributed by atoms with E-state index in [0.717, 1.165) is 36.6 Å². The number of hydrogen-bond acceptors (Lipinski definition) is 2. The lowest BCUT2D eigenvalue weighted by Gasteiger charge is -2.31. The normalized spacial score (nSPS) is 25.0. The maximum atomic E-state index is 5.92. The minimum Gasteiger partial charge on any atom is -0.314 e. The molecule has 0 radical (unpaired) electrons. The van der Waals surface area contributed by atoms with Crippen LogP contribution in [0.15, 0.2) is 10.6 Å². The second-order valence-electron chi connectivity index (χ2n) is 4.96. The quantitative estimate of drug-likeness (QED) is 0.820. The van der Waals surface area contributed by atoms with Crippen LogP contribution in [0.5, 0.6) is 0 Å². The first-order chi connectivity index (χ1) is 7.78. The van der Waals surface area contributed by atoms with Crippen molar-refractivity contribution in [3.63, 3.8) is 0 Å². The van der Waals surface area contributed by atoms with Crippen molar-refractivity contribution in [2.45, 2.75) is 31.7 Å². The number of halogens is 2. The van der Waals surface area contributed by atoms with E-state index < -0.39 is 0 Å². The second-order valence-corrected chi connectivity index (χ2v) is 5.66. The molecule has 4 heteroatoms. The number of nitrogens with one attached hydrogen (secondary N) is 1. The summed E-state index contributed by atoms with van der Waals surface area (Å²) in [6.07, 6.45) is 5.34. The summed E-state index contributed by atoms with van der Waals surface area (Å²) in [6, 6.07) is 0.839. The summed E-state index contributed by atoms with van der Waals surface area (Å²) >= 11 is 11.5. The van der Waals surface area contributed by atoms with Crippen LogP contribution in [0, 0.1) is 5.92 Å². The van der Waals surface area contributed by atoms with E-state index >= 15 is 0 Å². The molecule has 1 heterocycles. The first kappa shape index (κ1) is 12.7. The monoisotopic (exact) mass is 262 g/mol. The molecule has 2 fully saturated rings. The van der Waals surface area contributed by atoms with Crippen molar-refractivity contribution in [3.8, 4) is 0 Å². The van der Waals surface area contributed by atoms with Gasteiger partial charge in [-0.25, -0.2) is 0 Å². The molecule has 0 aromatic rings. The molecule has 0 bridgehead atoms. The van der Waals surface area contributed by atoms with E-state index in [1.165, 1.54) is 37.8 Å². The summed E-state index contributed by atoms with van der Waals surface area (Å²) in [7, 11) is 0. The minimum absolute atomic E-state index is 0.747. The smallest absolute Gasteiger partial charge is 0.0434 e. The fourth-order valence-electron chi connectivity index (χ4n) is 2.22. The molecule has 0 atom stereocenters. The SMILES string of the molecule is ClC=C(Cl)CN1CCC(CNC2CC2)CC1. The zero-order valence-corrected chi connectivity index (χ0v) is 11.1. The molecule has 1 aliphatic carbocycles. The highest BCUT2D eigenvalue weighted by atomic mass is 35.5. The molecular weight excluding hydrogens is 243 g/mol. The van der Waals surface area contributed by atoms with E-state index in [4.69, 9.17) is 23.2 Å². The zero-order valence-electron chi connectivity index (χ0n) is 9.59. The van der Waals surface area contributed by atoms with Gasteiger partial charge in [-0.05, 0) is 51.2 Å². The molecule has 16 heavy (non-hydrogen) atoms. The molecule has 0 spiro atoms. The number of hydrogen-bond donors (Lipinski definition) is 1. The van der Waals surface area contributed by atoms with Crippen molar-refractivity contribution >= 4 is 23.2 Å². The van der Waals surface area contributed by atoms with Gasteiger partial charge in [0.05, 0.1) is 0 Å². The molecule has 0 amide bonds. The van der Waals surface area contributed by atoms with Crippen molar-refractivity contribution in [2.75, 3.05) is 26.2 Å². The highest BCUT2D eigenvalue weighted by Gasteiger charge is 2.24. The molecule has 0 unspecified atom stereocenters. The van der Waals surface area contributed by atoms with Gasteiger partial charge in [-0.3, -0.25) is 4.90 Å². The van der Waals surface area contributed by atoms with Gasteiger partial charge >= 0.3 is 0 Å². The molecule has 1 aliphatic heterocycles. The van der Waals surface area contributed by atoms with Gasteiger partial charge in [0.25, 0.3) is 0 Å². The Bertz CT molecular complexity index is 243. The Hall–Kier alpha value is 0.240. The van der Waals surface area contributed by atoms with Crippen molar-refractivity contribution < 1.29 is 0 Å². The Morgan fingerprint density at radius 1 is 1.25 bits per heavy atom. The van der Waals surface area contributed by atoms with Crippen LogP contribution in [0.1, 0.15) is 25.7 Å². The van der Waals surface area contributed by atoms with Crippen molar-refractivity contribution in [2.24, 2.45) is 5.92 Å². The third-order valence-electron chi connectivity index (χ3n) is 3.47. The standard InChI is InChI=1S/C12H20Cl2N2/c13-7-11(14)9-16-5-3-10(4-6-16)8-15-12-1-2-12/h7,10,12,15H,1-6,8-9H2. The lowest BCUT2D eigenvalue weighted by atomic mass is 9.97.